The van der Waals surface area contributed by atoms with E-state index in [-0.39, 0.29) is 29.6 Å². The molecule has 0 unspecified atom stereocenters. The van der Waals surface area contributed by atoms with E-state index >= 15 is 0 Å². The Labute approximate surface area is 284 Å². The van der Waals surface area contributed by atoms with Gasteiger partial charge in [-0.15, -0.1) is 0 Å². The molecule has 1 N–H and O–H groups in total. The summed E-state index contributed by atoms with van der Waals surface area (Å²) in [6, 6.07) is 24.9. The minimum absolute atomic E-state index is 0.0601. The van der Waals surface area contributed by atoms with Gasteiger partial charge in [0.1, 0.15) is 18.3 Å². The third-order valence-corrected chi connectivity index (χ3v) is 9.88. The zero-order valence-electron chi connectivity index (χ0n) is 25.5. The molecule has 242 valence electrons. The highest BCUT2D eigenvalue weighted by Gasteiger charge is 2.35. The molecule has 0 aliphatic heterocycles. The number of nitrogens with zero attached hydrogens (tertiary/aromatic N) is 2. The molecule has 8 nitrogen and oxygen atoms in total. The fourth-order valence-electron chi connectivity index (χ4n) is 4.80. The van der Waals surface area contributed by atoms with Crippen LogP contribution in [0.15, 0.2) is 102 Å². The molecule has 0 saturated carbocycles. The van der Waals surface area contributed by atoms with E-state index in [9.17, 15) is 18.0 Å². The Bertz CT molecular complexity index is 1730. The second-order valence-electron chi connectivity index (χ2n) is 10.8. The Morgan fingerprint density at radius 2 is 1.43 bits per heavy atom. The Balaban J connectivity index is 1.83. The van der Waals surface area contributed by atoms with E-state index in [1.54, 1.807) is 18.2 Å². The van der Waals surface area contributed by atoms with Crippen molar-refractivity contribution < 1.29 is 22.7 Å². The number of nitrogens with one attached hydrogen (secondary N) is 1. The number of amides is 2. The summed E-state index contributed by atoms with van der Waals surface area (Å²) in [5, 5.41) is 3.90. The lowest BCUT2D eigenvalue weighted by atomic mass is 10.0. The summed E-state index contributed by atoms with van der Waals surface area (Å²) in [6.07, 6.45) is 0.152. The maximum Gasteiger partial charge on any atom is 0.264 e. The monoisotopic (exact) mass is 701 g/mol. The number of carbonyl (C=O) groups excluding carboxylic acids is 2. The molecule has 4 aromatic carbocycles. The third-order valence-electron chi connectivity index (χ3n) is 7.13. The molecule has 0 saturated heterocycles. The topological polar surface area (TPSA) is 96.0 Å². The molecule has 0 fully saturated rings. The summed E-state index contributed by atoms with van der Waals surface area (Å²) >= 11 is 19.2. The lowest BCUT2D eigenvalue weighted by Gasteiger charge is -2.34. The number of ether oxygens (including phenoxy) is 1. The maximum atomic E-state index is 14.5. The molecule has 12 heteroatoms. The van der Waals surface area contributed by atoms with Gasteiger partial charge in [-0.2, -0.15) is 0 Å². The molecule has 46 heavy (non-hydrogen) atoms. The van der Waals surface area contributed by atoms with Crippen molar-refractivity contribution in [2.24, 2.45) is 0 Å². The molecule has 0 aliphatic carbocycles. The van der Waals surface area contributed by atoms with Gasteiger partial charge in [0.25, 0.3) is 10.0 Å². The van der Waals surface area contributed by atoms with Crippen LogP contribution in [0.2, 0.25) is 15.1 Å². The van der Waals surface area contributed by atoms with Gasteiger partial charge in [0, 0.05) is 39.6 Å². The highest BCUT2D eigenvalue weighted by molar-refractivity contribution is 7.92. The molecule has 1 atom stereocenters. The molecule has 0 spiro atoms. The van der Waals surface area contributed by atoms with Crippen LogP contribution in [-0.4, -0.2) is 50.9 Å². The van der Waals surface area contributed by atoms with Crippen molar-refractivity contribution in [1.29, 1.82) is 0 Å². The average Bonchev–Trinajstić information content (AvgIpc) is 3.03. The summed E-state index contributed by atoms with van der Waals surface area (Å²) in [5.41, 5.74) is 1.43. The fraction of sp³-hybridized carbons (Fsp3) is 0.235. The summed E-state index contributed by atoms with van der Waals surface area (Å²) in [7, 11) is -2.82. The predicted octanol–water partition coefficient (Wildman–Crippen LogP) is 7.02. The lowest BCUT2D eigenvalue weighted by Crippen LogP contribution is -2.54. The maximum absolute atomic E-state index is 14.5. The molecular formula is C34H34Cl3N3O5S. The molecule has 0 heterocycles. The van der Waals surface area contributed by atoms with Gasteiger partial charge in [-0.05, 0) is 80.1 Å². The Morgan fingerprint density at radius 1 is 0.826 bits per heavy atom. The molecule has 0 bridgehead atoms. The van der Waals surface area contributed by atoms with Gasteiger partial charge in [-0.3, -0.25) is 13.9 Å². The van der Waals surface area contributed by atoms with Gasteiger partial charge in [0.2, 0.25) is 11.8 Å². The molecule has 2 amide bonds. The van der Waals surface area contributed by atoms with Crippen LogP contribution in [0.1, 0.15) is 25.0 Å². The van der Waals surface area contributed by atoms with Crippen molar-refractivity contribution in [3.8, 4) is 5.75 Å². The van der Waals surface area contributed by atoms with Crippen molar-refractivity contribution in [2.75, 3.05) is 18.0 Å². The minimum atomic E-state index is -4.30. The van der Waals surface area contributed by atoms with E-state index in [0.29, 0.717) is 26.4 Å². The largest absolute Gasteiger partial charge is 0.497 e. The van der Waals surface area contributed by atoms with E-state index in [1.165, 1.54) is 60.5 Å². The van der Waals surface area contributed by atoms with Crippen LogP contribution in [0, 0.1) is 0 Å². The number of hydrogen-bond acceptors (Lipinski definition) is 5. The van der Waals surface area contributed by atoms with Gasteiger partial charge in [-0.25, -0.2) is 8.42 Å². The van der Waals surface area contributed by atoms with E-state index in [4.69, 9.17) is 39.5 Å². The van der Waals surface area contributed by atoms with E-state index < -0.39 is 34.4 Å². The van der Waals surface area contributed by atoms with Gasteiger partial charge >= 0.3 is 0 Å². The first-order valence-corrected chi connectivity index (χ1v) is 17.0. The molecule has 4 rings (SSSR count). The van der Waals surface area contributed by atoms with Gasteiger partial charge < -0.3 is 15.0 Å². The van der Waals surface area contributed by atoms with Crippen LogP contribution in [0.4, 0.5) is 5.69 Å². The van der Waals surface area contributed by atoms with Crippen LogP contribution in [0.3, 0.4) is 0 Å². The van der Waals surface area contributed by atoms with Crippen molar-refractivity contribution in [1.82, 2.24) is 10.2 Å². The SMILES string of the molecule is COc1ccc(S(=O)(=O)N(CC(=O)N(Cc2c(Cl)cccc2Cl)[C@@H](Cc2ccccc2)C(=O)NC(C)C)c2ccc(Cl)cc2)cc1. The smallest absolute Gasteiger partial charge is 0.264 e. The number of carbonyl (C=O) groups is 2. The van der Waals surface area contributed by atoms with E-state index in [2.05, 4.69) is 5.32 Å². The van der Waals surface area contributed by atoms with Crippen molar-refractivity contribution in [2.45, 2.75) is 43.8 Å². The number of anilines is 1. The Hall–Kier alpha value is -3.76. The first-order chi connectivity index (χ1) is 21.9. The summed E-state index contributed by atoms with van der Waals surface area (Å²) in [6.45, 7) is 2.84. The van der Waals surface area contributed by atoms with Crippen molar-refractivity contribution >= 4 is 62.3 Å². The Kier molecular flexibility index (Phi) is 12.0. The number of rotatable bonds is 13. The molecule has 0 aliphatic rings. The zero-order chi connectivity index (χ0) is 33.4. The Morgan fingerprint density at radius 3 is 2.00 bits per heavy atom. The zero-order valence-corrected chi connectivity index (χ0v) is 28.6. The summed E-state index contributed by atoms with van der Waals surface area (Å²) in [5.74, 6) is -0.593. The number of hydrogen-bond donors (Lipinski definition) is 1. The molecular weight excluding hydrogens is 669 g/mol. The van der Waals surface area contributed by atoms with Crippen LogP contribution < -0.4 is 14.4 Å². The first kappa shape index (κ1) is 35.1. The first-order valence-electron chi connectivity index (χ1n) is 14.4. The average molecular weight is 703 g/mol. The standard InChI is InChI=1S/C34H34Cl3N3O5S/c1-23(2)38-34(42)32(20-24-8-5-4-6-9-24)39(21-29-30(36)10-7-11-31(29)37)33(41)22-40(26-14-12-25(35)13-15-26)46(43,44)28-18-16-27(45-3)17-19-28/h4-19,23,32H,20-22H2,1-3H3,(H,38,42)/t32-/m0/s1. The van der Waals surface area contributed by atoms with Gasteiger partial charge in [0.15, 0.2) is 0 Å². The lowest BCUT2D eigenvalue weighted by molar-refractivity contribution is -0.140. The molecule has 0 aromatic heterocycles. The second-order valence-corrected chi connectivity index (χ2v) is 13.9. The third kappa shape index (κ3) is 8.73. The quantitative estimate of drug-likeness (QED) is 0.162. The number of halogens is 3. The van der Waals surface area contributed by atoms with E-state index in [1.807, 2.05) is 44.2 Å². The molecule has 4 aromatic rings. The van der Waals surface area contributed by atoms with Crippen LogP contribution in [0.5, 0.6) is 5.75 Å². The second kappa shape index (κ2) is 15.7. The van der Waals surface area contributed by atoms with E-state index in [0.717, 1.165) is 9.87 Å². The highest BCUT2D eigenvalue weighted by atomic mass is 35.5. The highest BCUT2D eigenvalue weighted by Crippen LogP contribution is 2.30. The van der Waals surface area contributed by atoms with Crippen LogP contribution in [0.25, 0.3) is 0 Å². The number of methoxy groups -OCH3 is 1. The summed E-state index contributed by atoms with van der Waals surface area (Å²) in [4.78, 5) is 29.6. The predicted molar refractivity (Wildman–Crippen MR) is 183 cm³/mol. The van der Waals surface area contributed by atoms with Gasteiger partial charge in [0.05, 0.1) is 17.7 Å². The number of sulfonamides is 1. The van der Waals surface area contributed by atoms with Crippen molar-refractivity contribution in [3.63, 3.8) is 0 Å². The van der Waals surface area contributed by atoms with Crippen LogP contribution in [-0.2, 0) is 32.6 Å². The van der Waals surface area contributed by atoms with Crippen molar-refractivity contribution in [3.05, 3.63) is 123 Å². The number of benzene rings is 4. The normalized spacial score (nSPS) is 12.0. The molecule has 0 radical (unpaired) electrons. The van der Waals surface area contributed by atoms with Gasteiger partial charge in [-0.1, -0.05) is 71.2 Å². The summed E-state index contributed by atoms with van der Waals surface area (Å²) < 4.78 is 34.5. The van der Waals surface area contributed by atoms with Crippen LogP contribution >= 0.6 is 34.8 Å². The fourth-order valence-corrected chi connectivity index (χ4v) is 6.86. The minimum Gasteiger partial charge on any atom is -0.497 e.